The third kappa shape index (κ3) is 8.28. The summed E-state index contributed by atoms with van der Waals surface area (Å²) < 4.78 is 27.1. The van der Waals surface area contributed by atoms with Gasteiger partial charge < -0.3 is 24.7 Å². The van der Waals surface area contributed by atoms with Crippen molar-refractivity contribution in [2.75, 3.05) is 26.8 Å². The molecule has 0 unspecified atom stereocenters. The summed E-state index contributed by atoms with van der Waals surface area (Å²) in [5, 5.41) is 14.7. The van der Waals surface area contributed by atoms with E-state index in [0.717, 1.165) is 17.2 Å². The maximum absolute atomic E-state index is 14.5. The third-order valence-corrected chi connectivity index (χ3v) is 4.83. The van der Waals surface area contributed by atoms with E-state index in [0.29, 0.717) is 44.4 Å². The van der Waals surface area contributed by atoms with Gasteiger partial charge in [-0.05, 0) is 43.2 Å². The van der Waals surface area contributed by atoms with E-state index in [1.807, 2.05) is 42.8 Å². The largest absolute Gasteiger partial charge is 0.454 e. The predicted molar refractivity (Wildman–Crippen MR) is 137 cm³/mol. The Labute approximate surface area is 210 Å². The van der Waals surface area contributed by atoms with E-state index in [-0.39, 0.29) is 29.7 Å². The fraction of sp³-hybridized carbons (Fsp3) is 0.348. The lowest BCUT2D eigenvalue weighted by Gasteiger charge is -2.13. The van der Waals surface area contributed by atoms with Gasteiger partial charge in [0.1, 0.15) is 18.1 Å². The van der Waals surface area contributed by atoms with E-state index in [1.54, 1.807) is 25.3 Å². The van der Waals surface area contributed by atoms with Gasteiger partial charge in [-0.3, -0.25) is 0 Å². The lowest BCUT2D eigenvalue weighted by atomic mass is 10.1. The van der Waals surface area contributed by atoms with Crippen molar-refractivity contribution in [3.8, 4) is 11.5 Å². The molecule has 1 aromatic heterocycles. The topological polar surface area (TPSA) is 85.6 Å². The molecule has 0 bridgehead atoms. The zero-order valence-corrected chi connectivity index (χ0v) is 21.4. The van der Waals surface area contributed by atoms with Crippen LogP contribution in [-0.4, -0.2) is 47.5 Å². The molecule has 3 rings (SSSR count). The number of benzene rings is 2. The minimum Gasteiger partial charge on any atom is -0.454 e. The average Bonchev–Trinajstić information content (AvgIpc) is 3.12. The number of hydrogen-bond donors (Lipinski definition) is 2. The Bertz CT molecular complexity index is 1030. The number of ether oxygens (including phenoxy) is 2. The van der Waals surface area contributed by atoms with E-state index in [4.69, 9.17) is 9.47 Å². The summed E-state index contributed by atoms with van der Waals surface area (Å²) in [4.78, 5) is 4.57. The van der Waals surface area contributed by atoms with Crippen molar-refractivity contribution in [2.45, 2.75) is 19.9 Å². The molecule has 1 heterocycles. The highest BCUT2D eigenvalue weighted by atomic mass is 127. The van der Waals surface area contributed by atoms with Gasteiger partial charge in [0.2, 0.25) is 0 Å². The molecular weight excluding hydrogens is 538 g/mol. The van der Waals surface area contributed by atoms with Gasteiger partial charge in [-0.2, -0.15) is 0 Å². The molecule has 0 fully saturated rings. The van der Waals surface area contributed by atoms with Crippen LogP contribution in [0.5, 0.6) is 11.5 Å². The Morgan fingerprint density at radius 1 is 1.09 bits per heavy atom. The van der Waals surface area contributed by atoms with Crippen LogP contribution in [0.3, 0.4) is 0 Å². The highest BCUT2D eigenvalue weighted by molar-refractivity contribution is 14.0. The molecule has 0 atom stereocenters. The number of aryl methyl sites for hydroxylation is 1. The monoisotopic (exact) mass is 568 g/mol. The second-order valence-corrected chi connectivity index (χ2v) is 7.16. The normalized spacial score (nSPS) is 11.1. The van der Waals surface area contributed by atoms with Crippen molar-refractivity contribution in [1.82, 2.24) is 25.4 Å². The van der Waals surface area contributed by atoms with Gasteiger partial charge in [0.05, 0.1) is 6.61 Å². The van der Waals surface area contributed by atoms with Gasteiger partial charge in [0, 0.05) is 27.2 Å². The number of rotatable bonds is 10. The molecule has 0 saturated heterocycles. The summed E-state index contributed by atoms with van der Waals surface area (Å²) in [5.41, 5.74) is 0.857. The molecule has 0 aliphatic rings. The van der Waals surface area contributed by atoms with E-state index in [2.05, 4.69) is 25.8 Å². The van der Waals surface area contributed by atoms with Crippen molar-refractivity contribution < 1.29 is 13.9 Å². The van der Waals surface area contributed by atoms with Crippen molar-refractivity contribution in [2.24, 2.45) is 12.0 Å². The number of aliphatic imine (C=N–C) groups is 1. The molecule has 2 N–H and O–H groups in total. The quantitative estimate of drug-likeness (QED) is 0.168. The molecule has 0 aliphatic carbocycles. The first-order valence-corrected chi connectivity index (χ1v) is 10.4. The Morgan fingerprint density at radius 3 is 2.52 bits per heavy atom. The zero-order valence-electron chi connectivity index (χ0n) is 19.0. The van der Waals surface area contributed by atoms with Crippen molar-refractivity contribution in [1.29, 1.82) is 0 Å². The summed E-state index contributed by atoms with van der Waals surface area (Å²) in [6.45, 7) is 4.03. The van der Waals surface area contributed by atoms with Crippen molar-refractivity contribution >= 4 is 29.9 Å². The summed E-state index contributed by atoms with van der Waals surface area (Å²) >= 11 is 0. The number of guanidine groups is 1. The highest BCUT2D eigenvalue weighted by Crippen LogP contribution is 2.25. The Morgan fingerprint density at radius 2 is 1.85 bits per heavy atom. The molecule has 0 spiro atoms. The highest BCUT2D eigenvalue weighted by Gasteiger charge is 2.08. The summed E-state index contributed by atoms with van der Waals surface area (Å²) in [6, 6.07) is 14.2. The first kappa shape index (κ1) is 26.5. The molecule has 2 aromatic carbocycles. The van der Waals surface area contributed by atoms with Crippen LogP contribution in [0.1, 0.15) is 17.2 Å². The number of para-hydroxylation sites is 1. The fourth-order valence-corrected chi connectivity index (χ4v) is 2.91. The number of aromatic nitrogens is 3. The number of hydrogen-bond acceptors (Lipinski definition) is 5. The fourth-order valence-electron chi connectivity index (χ4n) is 2.91. The number of methoxy groups -OCH3 is 1. The second kappa shape index (κ2) is 13.7. The first-order chi connectivity index (χ1) is 15.6. The van der Waals surface area contributed by atoms with Crippen LogP contribution in [0.25, 0.3) is 0 Å². The van der Waals surface area contributed by atoms with Gasteiger partial charge in [-0.25, -0.2) is 9.38 Å². The van der Waals surface area contributed by atoms with E-state index < -0.39 is 5.82 Å². The molecule has 0 saturated carbocycles. The minimum absolute atomic E-state index is 0. The maximum atomic E-state index is 14.5. The molecule has 3 aromatic rings. The lowest BCUT2D eigenvalue weighted by Crippen LogP contribution is -2.40. The molecule has 33 heavy (non-hydrogen) atoms. The van der Waals surface area contributed by atoms with E-state index in [1.165, 1.54) is 6.07 Å². The van der Waals surface area contributed by atoms with Gasteiger partial charge >= 0.3 is 0 Å². The smallest absolute Gasteiger partial charge is 0.191 e. The molecule has 8 nitrogen and oxygen atoms in total. The van der Waals surface area contributed by atoms with Crippen molar-refractivity contribution in [3.63, 3.8) is 0 Å². The van der Waals surface area contributed by atoms with Crippen LogP contribution in [-0.2, 0) is 24.8 Å². The molecule has 0 radical (unpaired) electrons. The second-order valence-electron chi connectivity index (χ2n) is 7.16. The molecule has 10 heteroatoms. The lowest BCUT2D eigenvalue weighted by molar-refractivity contribution is 0.203. The molecule has 0 aliphatic heterocycles. The molecule has 0 amide bonds. The summed E-state index contributed by atoms with van der Waals surface area (Å²) in [6.07, 6.45) is 0.622. The first-order valence-electron chi connectivity index (χ1n) is 10.4. The van der Waals surface area contributed by atoms with Gasteiger partial charge in [-0.1, -0.05) is 24.3 Å². The SMILES string of the molecule is COCCNC(=NCc1nnc(C)n1C)NCCc1ccc(Oc2ccccc2)c(F)c1.I. The maximum Gasteiger partial charge on any atom is 0.191 e. The van der Waals surface area contributed by atoms with Crippen LogP contribution in [0.4, 0.5) is 4.39 Å². The van der Waals surface area contributed by atoms with Crippen LogP contribution >= 0.6 is 24.0 Å². The van der Waals surface area contributed by atoms with E-state index >= 15 is 0 Å². The van der Waals surface area contributed by atoms with E-state index in [9.17, 15) is 4.39 Å². The third-order valence-electron chi connectivity index (χ3n) is 4.83. The Hall–Kier alpha value is -2.73. The van der Waals surface area contributed by atoms with Gasteiger partial charge in [0.15, 0.2) is 23.4 Å². The van der Waals surface area contributed by atoms with Crippen LogP contribution in [0, 0.1) is 12.7 Å². The summed E-state index contributed by atoms with van der Waals surface area (Å²) in [5.74, 6) is 2.64. The molecular formula is C23H30FIN6O2. The average molecular weight is 568 g/mol. The summed E-state index contributed by atoms with van der Waals surface area (Å²) in [7, 11) is 3.55. The number of nitrogens with zero attached hydrogens (tertiary/aromatic N) is 4. The predicted octanol–water partition coefficient (Wildman–Crippen LogP) is 3.60. The Balaban J connectivity index is 0.00000385. The van der Waals surface area contributed by atoms with Crippen LogP contribution in [0.2, 0.25) is 0 Å². The number of halogens is 2. The molecule has 178 valence electrons. The van der Waals surface area contributed by atoms with Gasteiger partial charge in [0.25, 0.3) is 0 Å². The Kier molecular flexibility index (Phi) is 11.0. The number of nitrogens with one attached hydrogen (secondary N) is 2. The van der Waals surface area contributed by atoms with Crippen LogP contribution in [0.15, 0.2) is 53.5 Å². The minimum atomic E-state index is -0.392. The van der Waals surface area contributed by atoms with Crippen LogP contribution < -0.4 is 15.4 Å². The van der Waals surface area contributed by atoms with Gasteiger partial charge in [-0.15, -0.1) is 34.2 Å². The standard InChI is InChI=1S/C23H29FN6O2.HI/c1-17-28-29-22(30(17)2)16-27-23(26-13-14-31-3)25-12-11-18-9-10-21(20(24)15-18)32-19-7-5-4-6-8-19;/h4-10,15H,11-14,16H2,1-3H3,(H2,25,26,27);1H. The van der Waals surface area contributed by atoms with Crippen molar-refractivity contribution in [3.05, 3.63) is 71.6 Å². The zero-order chi connectivity index (χ0) is 22.8.